The number of allylic oxidation sites excluding steroid dienone is 2. The zero-order chi connectivity index (χ0) is 36.6. The van der Waals surface area contributed by atoms with Crippen LogP contribution in [-0.2, 0) is 0 Å². The molecule has 0 radical (unpaired) electrons. The molecule has 0 atom stereocenters. The number of hydrogen-bond acceptors (Lipinski definition) is 0. The van der Waals surface area contributed by atoms with Crippen molar-refractivity contribution >= 4 is 81.5 Å². The molecule has 0 N–H and O–H groups in total. The monoisotopic (exact) mass is 700 g/mol. The zero-order valence-corrected chi connectivity index (χ0v) is 30.5. The lowest BCUT2D eigenvalue weighted by molar-refractivity contribution is 1.18. The van der Waals surface area contributed by atoms with E-state index in [9.17, 15) is 0 Å². The lowest BCUT2D eigenvalue weighted by Crippen LogP contribution is -1.96. The summed E-state index contributed by atoms with van der Waals surface area (Å²) in [6.45, 7) is 6.39. The number of benzene rings is 9. The van der Waals surface area contributed by atoms with Crippen LogP contribution in [-0.4, -0.2) is 9.13 Å². The quantitative estimate of drug-likeness (QED) is 0.158. The minimum absolute atomic E-state index is 1.14. The van der Waals surface area contributed by atoms with E-state index in [0.29, 0.717) is 0 Å². The van der Waals surface area contributed by atoms with Gasteiger partial charge in [-0.05, 0) is 105 Å². The van der Waals surface area contributed by atoms with E-state index in [1.165, 1.54) is 92.7 Å². The first kappa shape index (κ1) is 31.4. The molecule has 11 rings (SSSR count). The van der Waals surface area contributed by atoms with Gasteiger partial charge in [0.1, 0.15) is 0 Å². The molecular formula is C53H36N2. The number of aromatic nitrogens is 2. The van der Waals surface area contributed by atoms with Crippen LogP contribution in [0.1, 0.15) is 16.7 Å². The second-order valence-corrected chi connectivity index (χ2v) is 14.6. The van der Waals surface area contributed by atoms with E-state index in [-0.39, 0.29) is 0 Å². The number of rotatable bonds is 5. The zero-order valence-electron chi connectivity index (χ0n) is 30.5. The molecule has 2 nitrogen and oxygen atoms in total. The molecule has 0 bridgehead atoms. The Kier molecular flexibility index (Phi) is 6.96. The van der Waals surface area contributed by atoms with Gasteiger partial charge in [0.15, 0.2) is 0 Å². The van der Waals surface area contributed by atoms with Crippen molar-refractivity contribution in [2.75, 3.05) is 0 Å². The summed E-state index contributed by atoms with van der Waals surface area (Å²) in [4.78, 5) is 0. The fourth-order valence-electron chi connectivity index (χ4n) is 9.16. The minimum Gasteiger partial charge on any atom is -0.309 e. The van der Waals surface area contributed by atoms with Crippen molar-refractivity contribution in [2.45, 2.75) is 6.92 Å². The van der Waals surface area contributed by atoms with Crippen molar-refractivity contribution in [3.8, 4) is 11.4 Å². The van der Waals surface area contributed by atoms with Crippen molar-refractivity contribution < 1.29 is 0 Å². The van der Waals surface area contributed by atoms with E-state index in [4.69, 9.17) is 0 Å². The number of hydrogen-bond donors (Lipinski definition) is 0. The average Bonchev–Trinajstić information content (AvgIpc) is 3.76. The highest BCUT2D eigenvalue weighted by molar-refractivity contribution is 6.29. The molecule has 0 aliphatic carbocycles. The van der Waals surface area contributed by atoms with E-state index in [2.05, 4.69) is 205 Å². The number of nitrogens with zero attached hydrogens (tertiary/aromatic N) is 2. The van der Waals surface area contributed by atoms with Gasteiger partial charge in [-0.25, -0.2) is 0 Å². The maximum absolute atomic E-state index is 4.14. The SMILES string of the molecule is C=C/C=C(/c1ccc(-n2c3ccccc3c3ccccc32)cc1)c1cc2ccc3c(c2cc1C)c1c2ccccc2ccc1n3-c1cccc2ccccc12. The molecule has 9 aromatic carbocycles. The maximum Gasteiger partial charge on any atom is 0.0548 e. The summed E-state index contributed by atoms with van der Waals surface area (Å²) < 4.78 is 4.85. The van der Waals surface area contributed by atoms with E-state index < -0.39 is 0 Å². The summed E-state index contributed by atoms with van der Waals surface area (Å²) in [6.07, 6.45) is 4.06. The Morgan fingerprint density at radius 1 is 0.455 bits per heavy atom. The fourth-order valence-corrected chi connectivity index (χ4v) is 9.16. The van der Waals surface area contributed by atoms with Crippen molar-refractivity contribution in [3.05, 3.63) is 211 Å². The minimum atomic E-state index is 1.14. The van der Waals surface area contributed by atoms with Crippen LogP contribution in [0.15, 0.2) is 195 Å². The van der Waals surface area contributed by atoms with Crippen molar-refractivity contribution in [3.63, 3.8) is 0 Å². The van der Waals surface area contributed by atoms with Gasteiger partial charge in [0.25, 0.3) is 0 Å². The normalized spacial score (nSPS) is 12.3. The molecule has 55 heavy (non-hydrogen) atoms. The molecule has 2 heteroatoms. The average molecular weight is 701 g/mol. The summed E-state index contributed by atoms with van der Waals surface area (Å²) in [5.74, 6) is 0. The first-order valence-corrected chi connectivity index (χ1v) is 19.0. The Hall–Kier alpha value is -7.16. The molecule has 2 aromatic heterocycles. The highest BCUT2D eigenvalue weighted by Gasteiger charge is 2.20. The van der Waals surface area contributed by atoms with Gasteiger partial charge in [-0.3, -0.25) is 0 Å². The van der Waals surface area contributed by atoms with Gasteiger partial charge in [0.05, 0.1) is 27.8 Å². The second kappa shape index (κ2) is 12.2. The Bertz CT molecular complexity index is 3330. The standard InChI is InChI=1S/C53H36N2/c1-3-13-40(37-24-28-39(29-25-37)54-48-21-10-8-19-43(48)44-20-9-11-22-49(44)54)45-33-38-27-31-51-53(46(38)32-34(45)2)52-42-18-7-5-15-36(42)26-30-50(52)55(51)47-23-12-16-35-14-4-6-17-41(35)47/h3-33H,1H2,2H3/b40-13-. The smallest absolute Gasteiger partial charge is 0.0548 e. The molecule has 0 saturated carbocycles. The van der Waals surface area contributed by atoms with Crippen molar-refractivity contribution in [1.82, 2.24) is 9.13 Å². The molecule has 2 heterocycles. The molecule has 0 spiro atoms. The van der Waals surface area contributed by atoms with Crippen LogP contribution in [0.4, 0.5) is 0 Å². The summed E-state index contributed by atoms with van der Waals surface area (Å²) >= 11 is 0. The summed E-state index contributed by atoms with van der Waals surface area (Å²) in [6, 6.07) is 64.5. The Morgan fingerprint density at radius 2 is 1.02 bits per heavy atom. The van der Waals surface area contributed by atoms with Gasteiger partial charge in [-0.15, -0.1) is 0 Å². The summed E-state index contributed by atoms with van der Waals surface area (Å²) in [5, 5.41) is 12.6. The van der Waals surface area contributed by atoms with E-state index in [0.717, 1.165) is 16.8 Å². The van der Waals surface area contributed by atoms with Gasteiger partial charge in [-0.1, -0.05) is 146 Å². The van der Waals surface area contributed by atoms with Crippen LogP contribution in [0.2, 0.25) is 0 Å². The number of aryl methyl sites for hydroxylation is 1. The van der Waals surface area contributed by atoms with Crippen LogP contribution in [0.5, 0.6) is 0 Å². The fraction of sp³-hybridized carbons (Fsp3) is 0.0189. The molecule has 0 fully saturated rings. The molecule has 0 aliphatic rings. The molecule has 0 unspecified atom stereocenters. The third-order valence-corrected chi connectivity index (χ3v) is 11.6. The van der Waals surface area contributed by atoms with Crippen molar-refractivity contribution in [1.29, 1.82) is 0 Å². The maximum atomic E-state index is 4.14. The van der Waals surface area contributed by atoms with Gasteiger partial charge < -0.3 is 9.13 Å². The third kappa shape index (κ3) is 4.68. The highest BCUT2D eigenvalue weighted by Crippen LogP contribution is 2.43. The lowest BCUT2D eigenvalue weighted by atomic mass is 9.90. The lowest BCUT2D eigenvalue weighted by Gasteiger charge is -2.15. The molecule has 0 amide bonds. The molecule has 0 saturated heterocycles. The first-order valence-electron chi connectivity index (χ1n) is 19.0. The molecular weight excluding hydrogens is 665 g/mol. The Balaban J connectivity index is 1.11. The third-order valence-electron chi connectivity index (χ3n) is 11.6. The summed E-state index contributed by atoms with van der Waals surface area (Å²) in [5.41, 5.74) is 11.9. The van der Waals surface area contributed by atoms with E-state index in [1.54, 1.807) is 0 Å². The van der Waals surface area contributed by atoms with Gasteiger partial charge in [-0.2, -0.15) is 0 Å². The van der Waals surface area contributed by atoms with Crippen LogP contribution in [0.3, 0.4) is 0 Å². The van der Waals surface area contributed by atoms with E-state index in [1.807, 2.05) is 6.08 Å². The molecule has 11 aromatic rings. The predicted octanol–water partition coefficient (Wildman–Crippen LogP) is 14.3. The van der Waals surface area contributed by atoms with Crippen LogP contribution < -0.4 is 0 Å². The highest BCUT2D eigenvalue weighted by atomic mass is 15.0. The van der Waals surface area contributed by atoms with Gasteiger partial charge in [0, 0.05) is 32.6 Å². The Morgan fingerprint density at radius 3 is 1.71 bits per heavy atom. The Labute approximate surface area is 319 Å². The topological polar surface area (TPSA) is 9.86 Å². The number of fused-ring (bicyclic) bond motifs is 11. The van der Waals surface area contributed by atoms with Crippen molar-refractivity contribution in [2.24, 2.45) is 0 Å². The first-order chi connectivity index (χ1) is 27.2. The largest absolute Gasteiger partial charge is 0.309 e. The van der Waals surface area contributed by atoms with Gasteiger partial charge in [0.2, 0.25) is 0 Å². The number of para-hydroxylation sites is 2. The van der Waals surface area contributed by atoms with Crippen LogP contribution >= 0.6 is 0 Å². The van der Waals surface area contributed by atoms with Crippen LogP contribution in [0, 0.1) is 6.92 Å². The van der Waals surface area contributed by atoms with E-state index >= 15 is 0 Å². The second-order valence-electron chi connectivity index (χ2n) is 14.6. The van der Waals surface area contributed by atoms with Gasteiger partial charge >= 0.3 is 0 Å². The van der Waals surface area contributed by atoms with Crippen LogP contribution in [0.25, 0.3) is 92.9 Å². The molecule has 258 valence electrons. The predicted molar refractivity (Wildman–Crippen MR) is 236 cm³/mol. The summed E-state index contributed by atoms with van der Waals surface area (Å²) in [7, 11) is 0. The molecule has 0 aliphatic heterocycles.